The van der Waals surface area contributed by atoms with Gasteiger partial charge in [0.2, 0.25) is 0 Å². The normalized spacial score (nSPS) is 13.4. The van der Waals surface area contributed by atoms with Crippen molar-refractivity contribution >= 4 is 22.7 Å². The van der Waals surface area contributed by atoms with Gasteiger partial charge in [0.15, 0.2) is 5.71 Å². The van der Waals surface area contributed by atoms with Crippen LogP contribution in [0.1, 0.15) is 219 Å². The van der Waals surface area contributed by atoms with Gasteiger partial charge in [-0.3, -0.25) is 0 Å². The van der Waals surface area contributed by atoms with Crippen LogP contribution >= 0.6 is 0 Å². The third kappa shape index (κ3) is 16.0. The van der Waals surface area contributed by atoms with Crippen molar-refractivity contribution in [3.8, 4) is 0 Å². The van der Waals surface area contributed by atoms with Crippen molar-refractivity contribution in [3.05, 3.63) is 88.5 Å². The van der Waals surface area contributed by atoms with E-state index < -0.39 is 0 Å². The molecule has 0 N–H and O–H groups in total. The van der Waals surface area contributed by atoms with Gasteiger partial charge in [0, 0.05) is 55.6 Å². The quantitative estimate of drug-likeness (QED) is 0.0575. The average molecular weight is 807 g/mol. The van der Waals surface area contributed by atoms with Crippen molar-refractivity contribution in [3.63, 3.8) is 0 Å². The molecule has 0 saturated heterocycles. The molecule has 2 aromatic rings. The summed E-state index contributed by atoms with van der Waals surface area (Å²) < 4.78 is 2.56. The summed E-state index contributed by atoms with van der Waals surface area (Å²) in [6.45, 7) is 29.0. The van der Waals surface area contributed by atoms with Crippen LogP contribution in [0.25, 0.3) is 11.3 Å². The third-order valence-corrected chi connectivity index (χ3v) is 13.2. The highest BCUT2D eigenvalue weighted by Gasteiger charge is 2.31. The molecule has 0 aliphatic heterocycles. The monoisotopic (exact) mass is 807 g/mol. The van der Waals surface area contributed by atoms with Gasteiger partial charge in [-0.15, -0.1) is 0 Å². The first-order valence-electron chi connectivity index (χ1n) is 25.5. The second-order valence-corrected chi connectivity index (χ2v) is 17.2. The van der Waals surface area contributed by atoms with Gasteiger partial charge in [-0.1, -0.05) is 180 Å². The molecule has 0 atom stereocenters. The fraction of sp³-hybridized carbons (Fsp3) is 0.661. The maximum absolute atomic E-state index is 4.88. The molecular weight excluding hydrogens is 715 g/mol. The number of hydrogen-bond donors (Lipinski definition) is 0. The smallest absolute Gasteiger partial charge is 0.176 e. The Morgan fingerprint density at radius 2 is 1.12 bits per heavy atom. The van der Waals surface area contributed by atoms with Crippen molar-refractivity contribution in [1.82, 2.24) is 4.90 Å². The first-order chi connectivity index (χ1) is 29.0. The van der Waals surface area contributed by atoms with E-state index in [1.165, 1.54) is 179 Å². The molecule has 0 saturated carbocycles. The summed E-state index contributed by atoms with van der Waals surface area (Å²) in [4.78, 5) is 5.13. The number of unbranched alkanes of at least 4 members (excludes halogenated alkanes) is 18. The Bertz CT molecular complexity index is 1560. The van der Waals surface area contributed by atoms with Crippen molar-refractivity contribution in [2.75, 3.05) is 44.2 Å². The fourth-order valence-corrected chi connectivity index (χ4v) is 9.59. The lowest BCUT2D eigenvalue weighted by atomic mass is 9.74. The molecule has 0 unspecified atom stereocenters. The number of anilines is 1. The maximum Gasteiger partial charge on any atom is 0.176 e. The summed E-state index contributed by atoms with van der Waals surface area (Å²) in [5.41, 5.74) is 14.2. The topological polar surface area (TPSA) is 9.49 Å². The second-order valence-electron chi connectivity index (χ2n) is 17.2. The first-order valence-corrected chi connectivity index (χ1v) is 25.5. The van der Waals surface area contributed by atoms with Crippen LogP contribution in [-0.2, 0) is 6.42 Å². The molecule has 2 aliphatic carbocycles. The van der Waals surface area contributed by atoms with E-state index >= 15 is 0 Å². The Hall–Kier alpha value is -3.07. The molecule has 4 rings (SSSR count). The SMILES string of the molecule is C=C(c1ccccc1C1=C2CCC(=[N+](CC)CC)C=C2Cc2cc(N(CC)CC)ccc21)N(CCCC)CCCCCCCCCCCCCCCCCCCC.CC. The molecule has 2 aliphatic rings. The fourth-order valence-electron chi connectivity index (χ4n) is 9.59. The van der Waals surface area contributed by atoms with E-state index in [-0.39, 0.29) is 0 Å². The molecule has 0 bridgehead atoms. The zero-order valence-corrected chi connectivity index (χ0v) is 40.2. The predicted octanol–water partition coefficient (Wildman–Crippen LogP) is 16.2. The third-order valence-electron chi connectivity index (χ3n) is 13.2. The number of rotatable bonds is 30. The second kappa shape index (κ2) is 30.0. The van der Waals surface area contributed by atoms with E-state index in [4.69, 9.17) is 6.58 Å². The lowest BCUT2D eigenvalue weighted by Gasteiger charge is -2.33. The van der Waals surface area contributed by atoms with Crippen LogP contribution in [0.2, 0.25) is 0 Å². The van der Waals surface area contributed by atoms with Crippen LogP contribution < -0.4 is 4.90 Å². The van der Waals surface area contributed by atoms with E-state index in [0.717, 1.165) is 58.5 Å². The summed E-state index contributed by atoms with van der Waals surface area (Å²) in [6, 6.07) is 16.6. The van der Waals surface area contributed by atoms with Crippen LogP contribution in [0.4, 0.5) is 5.69 Å². The number of allylic oxidation sites excluding steroid dienone is 3. The summed E-state index contributed by atoms with van der Waals surface area (Å²) >= 11 is 0. The molecule has 0 heterocycles. The number of benzene rings is 2. The number of fused-ring (bicyclic) bond motifs is 2. The van der Waals surface area contributed by atoms with Crippen LogP contribution in [0, 0.1) is 0 Å². The Kier molecular flexibility index (Phi) is 25.6. The molecule has 3 nitrogen and oxygen atoms in total. The van der Waals surface area contributed by atoms with Crippen LogP contribution in [0.15, 0.2) is 66.3 Å². The zero-order chi connectivity index (χ0) is 42.7. The lowest BCUT2D eigenvalue weighted by molar-refractivity contribution is -0.521. The van der Waals surface area contributed by atoms with E-state index in [9.17, 15) is 0 Å². The molecule has 0 fully saturated rings. The molecule has 330 valence electrons. The lowest BCUT2D eigenvalue weighted by Crippen LogP contribution is -2.26. The van der Waals surface area contributed by atoms with Gasteiger partial charge in [0.25, 0.3) is 0 Å². The summed E-state index contributed by atoms with van der Waals surface area (Å²) in [5.74, 6) is 0. The zero-order valence-electron chi connectivity index (χ0n) is 40.2. The highest BCUT2D eigenvalue weighted by atomic mass is 15.1. The van der Waals surface area contributed by atoms with Gasteiger partial charge in [0.05, 0.1) is 0 Å². The van der Waals surface area contributed by atoms with Gasteiger partial charge in [-0.05, 0) is 98.9 Å². The van der Waals surface area contributed by atoms with E-state index in [1.54, 1.807) is 5.57 Å². The molecule has 0 spiro atoms. The Morgan fingerprint density at radius 3 is 1.66 bits per heavy atom. The van der Waals surface area contributed by atoms with Crippen molar-refractivity contribution < 1.29 is 4.58 Å². The summed E-state index contributed by atoms with van der Waals surface area (Å²) in [7, 11) is 0. The van der Waals surface area contributed by atoms with E-state index in [0.29, 0.717) is 0 Å². The number of nitrogens with zero attached hydrogens (tertiary/aromatic N) is 3. The minimum atomic E-state index is 1.01. The Labute approximate surface area is 366 Å². The first kappa shape index (κ1) is 50.3. The van der Waals surface area contributed by atoms with Crippen LogP contribution in [0.3, 0.4) is 0 Å². The molecule has 0 radical (unpaired) electrons. The van der Waals surface area contributed by atoms with Gasteiger partial charge < -0.3 is 9.80 Å². The largest absolute Gasteiger partial charge is 0.372 e. The van der Waals surface area contributed by atoms with Crippen molar-refractivity contribution in [2.24, 2.45) is 0 Å². The standard InChI is InChI=1S/C54H86N3.C2H6/c1-8-14-16-17-18-19-20-21-22-23-24-25-26-27-28-29-30-33-41-57(40-15-9-2)45(7)50-34-31-32-35-53(50)54-51-38-36-48(55(10-3)11-4)43-46(51)42-47-44-49(37-39-52(47)54)56(12-5)13-6;1-2/h31-32,34-36,38,43-44H,7-30,33,37,39-42H2,1-6H3;1-2H3/q+1;. The van der Waals surface area contributed by atoms with Gasteiger partial charge >= 0.3 is 0 Å². The molecule has 0 amide bonds. The van der Waals surface area contributed by atoms with E-state index in [1.807, 2.05) is 13.8 Å². The Balaban J connectivity index is 0.00000458. The predicted molar refractivity (Wildman–Crippen MR) is 265 cm³/mol. The average Bonchev–Trinajstić information content (AvgIpc) is 3.27. The number of hydrogen-bond acceptors (Lipinski definition) is 2. The van der Waals surface area contributed by atoms with E-state index in [2.05, 4.69) is 104 Å². The molecular formula is C56H92N3+. The van der Waals surface area contributed by atoms with Gasteiger partial charge in [-0.2, -0.15) is 0 Å². The van der Waals surface area contributed by atoms with Crippen LogP contribution in [-0.4, -0.2) is 54.5 Å². The highest BCUT2D eigenvalue weighted by Crippen LogP contribution is 2.45. The van der Waals surface area contributed by atoms with Gasteiger partial charge in [-0.25, -0.2) is 4.58 Å². The Morgan fingerprint density at radius 1 is 0.593 bits per heavy atom. The summed E-state index contributed by atoms with van der Waals surface area (Å²) in [5, 5.41) is 0. The molecule has 59 heavy (non-hydrogen) atoms. The van der Waals surface area contributed by atoms with Gasteiger partial charge in [0.1, 0.15) is 13.1 Å². The van der Waals surface area contributed by atoms with Crippen molar-refractivity contribution in [1.29, 1.82) is 0 Å². The minimum absolute atomic E-state index is 1.01. The maximum atomic E-state index is 4.88. The van der Waals surface area contributed by atoms with Crippen LogP contribution in [0.5, 0.6) is 0 Å². The summed E-state index contributed by atoms with van der Waals surface area (Å²) in [6.07, 6.45) is 33.7. The highest BCUT2D eigenvalue weighted by molar-refractivity contribution is 5.99. The minimum Gasteiger partial charge on any atom is -0.372 e. The molecule has 3 heteroatoms. The molecule has 2 aromatic carbocycles. The van der Waals surface area contributed by atoms with Crippen molar-refractivity contribution in [2.45, 2.75) is 203 Å². The molecule has 0 aromatic heterocycles.